The van der Waals surface area contributed by atoms with Gasteiger partial charge in [0.15, 0.2) is 5.82 Å². The van der Waals surface area contributed by atoms with Gasteiger partial charge in [-0.1, -0.05) is 6.92 Å². The Morgan fingerprint density at radius 2 is 2.30 bits per heavy atom. The highest BCUT2D eigenvalue weighted by Gasteiger charge is 2.28. The summed E-state index contributed by atoms with van der Waals surface area (Å²) in [6.45, 7) is 2.71. The van der Waals surface area contributed by atoms with Crippen molar-refractivity contribution in [1.29, 1.82) is 5.26 Å². The molecule has 0 saturated carbocycles. The summed E-state index contributed by atoms with van der Waals surface area (Å²) in [5.74, 6) is 1.37. The molecule has 0 fully saturated rings. The van der Waals surface area contributed by atoms with E-state index >= 15 is 0 Å². The normalized spacial score (nSPS) is 17.5. The molecule has 2 aromatic rings. The monoisotopic (exact) mass is 332 g/mol. The number of hydrogen-bond acceptors (Lipinski definition) is 6. The van der Waals surface area contributed by atoms with E-state index in [1.807, 2.05) is 13.0 Å². The van der Waals surface area contributed by atoms with Crippen LogP contribution in [0.2, 0.25) is 0 Å². The number of aromatic nitrogens is 4. The van der Waals surface area contributed by atoms with Gasteiger partial charge < -0.3 is 0 Å². The highest BCUT2D eigenvalue weighted by Crippen LogP contribution is 2.25. The van der Waals surface area contributed by atoms with Gasteiger partial charge in [0.2, 0.25) is 10.0 Å². The van der Waals surface area contributed by atoms with Crippen LogP contribution in [0.25, 0.3) is 0 Å². The molecule has 0 spiro atoms. The number of nitriles is 1. The number of fused-ring (bicyclic) bond motifs is 1. The van der Waals surface area contributed by atoms with E-state index in [0.717, 1.165) is 13.0 Å². The maximum absolute atomic E-state index is 12.5. The molecule has 0 aromatic carbocycles. The number of hydrogen-bond donors (Lipinski definition) is 1. The lowest BCUT2D eigenvalue weighted by Crippen LogP contribution is -2.33. The van der Waals surface area contributed by atoms with Crippen LogP contribution in [0.15, 0.2) is 23.2 Å². The molecule has 0 saturated heterocycles. The Kier molecular flexibility index (Phi) is 4.11. The Balaban J connectivity index is 1.86. The van der Waals surface area contributed by atoms with Crippen molar-refractivity contribution in [3.63, 3.8) is 0 Å². The number of aryl methyl sites for hydroxylation is 2. The summed E-state index contributed by atoms with van der Waals surface area (Å²) in [4.78, 5) is 8.26. The first-order valence-corrected chi connectivity index (χ1v) is 8.84. The standard InChI is InChI=1S/C14H16N6O2S/c1-2-13-17-14-12(4-3-7-20(14)18-13)19-23(21,22)11-6-5-10(8-15)16-9-11/h5-6,9,12,19H,2-4,7H2,1H3/t12-/m1/s1. The fourth-order valence-electron chi connectivity index (χ4n) is 2.52. The molecule has 9 heteroatoms. The fourth-order valence-corrected chi connectivity index (χ4v) is 3.69. The summed E-state index contributed by atoms with van der Waals surface area (Å²) >= 11 is 0. The highest BCUT2D eigenvalue weighted by molar-refractivity contribution is 7.89. The third kappa shape index (κ3) is 3.09. The Morgan fingerprint density at radius 3 is 2.96 bits per heavy atom. The van der Waals surface area contributed by atoms with Gasteiger partial charge in [-0.15, -0.1) is 0 Å². The maximum Gasteiger partial charge on any atom is 0.242 e. The van der Waals surface area contributed by atoms with Crippen LogP contribution in [0.4, 0.5) is 0 Å². The third-order valence-electron chi connectivity index (χ3n) is 3.69. The minimum atomic E-state index is -3.73. The van der Waals surface area contributed by atoms with E-state index in [4.69, 9.17) is 5.26 Å². The number of rotatable bonds is 4. The van der Waals surface area contributed by atoms with Crippen molar-refractivity contribution in [1.82, 2.24) is 24.5 Å². The molecule has 0 aliphatic carbocycles. The predicted molar refractivity (Wildman–Crippen MR) is 80.6 cm³/mol. The molecule has 1 aliphatic rings. The summed E-state index contributed by atoms with van der Waals surface area (Å²) in [5.41, 5.74) is 0.175. The molecular weight excluding hydrogens is 316 g/mol. The fraction of sp³-hybridized carbons (Fsp3) is 0.429. The van der Waals surface area contributed by atoms with Crippen LogP contribution in [0.1, 0.15) is 43.1 Å². The molecule has 3 heterocycles. The summed E-state index contributed by atoms with van der Waals surface area (Å²) in [6, 6.07) is 4.21. The maximum atomic E-state index is 12.5. The van der Waals surface area contributed by atoms with Crippen molar-refractivity contribution in [2.75, 3.05) is 0 Å². The Morgan fingerprint density at radius 1 is 1.48 bits per heavy atom. The van der Waals surface area contributed by atoms with Crippen LogP contribution in [0.5, 0.6) is 0 Å². The molecule has 1 aliphatic heterocycles. The smallest absolute Gasteiger partial charge is 0.242 e. The van der Waals surface area contributed by atoms with E-state index < -0.39 is 16.1 Å². The SMILES string of the molecule is CCc1nc2n(n1)CCC[C@H]2NS(=O)(=O)c1ccc(C#N)nc1. The molecule has 120 valence electrons. The van der Waals surface area contributed by atoms with Gasteiger partial charge in [-0.05, 0) is 25.0 Å². The van der Waals surface area contributed by atoms with Crippen LogP contribution in [0, 0.1) is 11.3 Å². The second kappa shape index (κ2) is 6.06. The van der Waals surface area contributed by atoms with Crippen LogP contribution >= 0.6 is 0 Å². The summed E-state index contributed by atoms with van der Waals surface area (Å²) in [6.07, 6.45) is 3.40. The summed E-state index contributed by atoms with van der Waals surface area (Å²) in [7, 11) is -3.73. The van der Waals surface area contributed by atoms with Crippen molar-refractivity contribution in [2.45, 2.75) is 43.7 Å². The van der Waals surface area contributed by atoms with Gasteiger partial charge in [0.1, 0.15) is 22.5 Å². The summed E-state index contributed by atoms with van der Waals surface area (Å²) < 4.78 is 29.4. The van der Waals surface area contributed by atoms with Gasteiger partial charge in [-0.2, -0.15) is 10.4 Å². The molecular formula is C14H16N6O2S. The molecule has 8 nitrogen and oxygen atoms in total. The topological polar surface area (TPSA) is 114 Å². The van der Waals surface area contributed by atoms with Crippen molar-refractivity contribution >= 4 is 10.0 Å². The van der Waals surface area contributed by atoms with E-state index in [1.165, 1.54) is 18.3 Å². The van der Waals surface area contributed by atoms with E-state index in [-0.39, 0.29) is 10.6 Å². The lowest BCUT2D eigenvalue weighted by atomic mass is 10.1. The lowest BCUT2D eigenvalue weighted by molar-refractivity contribution is 0.399. The van der Waals surface area contributed by atoms with Gasteiger partial charge in [-0.3, -0.25) is 0 Å². The van der Waals surface area contributed by atoms with E-state index in [2.05, 4.69) is 19.8 Å². The first-order valence-electron chi connectivity index (χ1n) is 7.35. The van der Waals surface area contributed by atoms with Gasteiger partial charge >= 0.3 is 0 Å². The zero-order valence-electron chi connectivity index (χ0n) is 12.6. The minimum absolute atomic E-state index is 0.0313. The van der Waals surface area contributed by atoms with Gasteiger partial charge in [0.25, 0.3) is 0 Å². The minimum Gasteiger partial charge on any atom is -0.248 e. The van der Waals surface area contributed by atoms with E-state index in [9.17, 15) is 8.42 Å². The predicted octanol–water partition coefficient (Wildman–Crippen LogP) is 0.921. The van der Waals surface area contributed by atoms with Crippen LogP contribution in [0.3, 0.4) is 0 Å². The van der Waals surface area contributed by atoms with Crippen molar-refractivity contribution in [3.8, 4) is 6.07 Å². The second-order valence-electron chi connectivity index (χ2n) is 5.27. The first-order chi connectivity index (χ1) is 11.0. The van der Waals surface area contributed by atoms with Crippen molar-refractivity contribution in [2.24, 2.45) is 0 Å². The van der Waals surface area contributed by atoms with E-state index in [0.29, 0.717) is 24.5 Å². The number of nitrogens with one attached hydrogen (secondary N) is 1. The molecule has 0 unspecified atom stereocenters. The first kappa shape index (κ1) is 15.6. The zero-order chi connectivity index (χ0) is 16.4. The molecule has 0 bridgehead atoms. The van der Waals surface area contributed by atoms with Gasteiger partial charge in [0, 0.05) is 19.2 Å². The summed E-state index contributed by atoms with van der Waals surface area (Å²) in [5, 5.41) is 13.1. The average Bonchev–Trinajstić information content (AvgIpc) is 2.99. The number of sulfonamides is 1. The number of pyridine rings is 1. The molecule has 1 N–H and O–H groups in total. The zero-order valence-corrected chi connectivity index (χ0v) is 13.4. The van der Waals surface area contributed by atoms with Crippen LogP contribution < -0.4 is 4.72 Å². The molecule has 0 radical (unpaired) electrons. The van der Waals surface area contributed by atoms with Gasteiger partial charge in [-0.25, -0.2) is 27.8 Å². The second-order valence-corrected chi connectivity index (χ2v) is 6.98. The van der Waals surface area contributed by atoms with Gasteiger partial charge in [0.05, 0.1) is 6.04 Å². The Hall–Kier alpha value is -2.31. The third-order valence-corrected chi connectivity index (χ3v) is 5.15. The van der Waals surface area contributed by atoms with Crippen molar-refractivity contribution < 1.29 is 8.42 Å². The quantitative estimate of drug-likeness (QED) is 0.890. The van der Waals surface area contributed by atoms with Crippen LogP contribution in [-0.4, -0.2) is 28.2 Å². The van der Waals surface area contributed by atoms with E-state index in [1.54, 1.807) is 4.68 Å². The van der Waals surface area contributed by atoms with Crippen LogP contribution in [-0.2, 0) is 23.0 Å². The molecule has 2 aromatic heterocycles. The largest absolute Gasteiger partial charge is 0.248 e. The average molecular weight is 332 g/mol. The molecule has 1 atom stereocenters. The number of nitrogens with zero attached hydrogens (tertiary/aromatic N) is 5. The lowest BCUT2D eigenvalue weighted by Gasteiger charge is -2.22. The Bertz CT molecular complexity index is 850. The molecule has 0 amide bonds. The molecule has 3 rings (SSSR count). The van der Waals surface area contributed by atoms with Crippen molar-refractivity contribution in [3.05, 3.63) is 35.7 Å². The molecule has 23 heavy (non-hydrogen) atoms. The Labute approximate surface area is 134 Å². The highest BCUT2D eigenvalue weighted by atomic mass is 32.2.